The van der Waals surface area contributed by atoms with Crippen LogP contribution in [0.4, 0.5) is 0 Å². The number of nitrogens with one attached hydrogen (secondary N) is 1. The molecule has 0 spiro atoms. The molecule has 1 N–H and O–H groups in total. The highest BCUT2D eigenvalue weighted by Crippen LogP contribution is 2.24. The van der Waals surface area contributed by atoms with Crippen LogP contribution in [0.5, 0.6) is 0 Å². The molecule has 18 heavy (non-hydrogen) atoms. The van der Waals surface area contributed by atoms with E-state index in [1.165, 1.54) is 6.26 Å². The predicted octanol–water partition coefficient (Wildman–Crippen LogP) is 2.08. The van der Waals surface area contributed by atoms with Gasteiger partial charge in [-0.25, -0.2) is 0 Å². The first-order valence-corrected chi connectivity index (χ1v) is 5.86. The van der Waals surface area contributed by atoms with Crippen LogP contribution in [0.25, 0.3) is 11.1 Å². The normalized spacial score (nSPS) is 15.1. The lowest BCUT2D eigenvalue weighted by Crippen LogP contribution is -2.48. The average Bonchev–Trinajstić information content (AvgIpc) is 2.84. The quantitative estimate of drug-likeness (QED) is 0.897. The molecule has 1 aromatic heterocycles. The van der Waals surface area contributed by atoms with Crippen molar-refractivity contribution in [3.8, 4) is 11.1 Å². The van der Waals surface area contributed by atoms with E-state index in [1.807, 2.05) is 36.4 Å². The second-order valence-electron chi connectivity index (χ2n) is 4.24. The minimum atomic E-state index is -0.188. The van der Waals surface area contributed by atoms with E-state index in [9.17, 15) is 4.79 Å². The second kappa shape index (κ2) is 4.66. The Hall–Kier alpha value is -2.07. The van der Waals surface area contributed by atoms with E-state index in [-0.39, 0.29) is 11.9 Å². The molecule has 1 aromatic carbocycles. The summed E-state index contributed by atoms with van der Waals surface area (Å²) < 4.78 is 10.3. The molecule has 92 valence electrons. The molecule has 4 nitrogen and oxygen atoms in total. The molecule has 2 aromatic rings. The highest BCUT2D eigenvalue weighted by Gasteiger charge is 2.24. The minimum absolute atomic E-state index is 0.103. The molecule has 1 fully saturated rings. The first kappa shape index (κ1) is 11.0. The summed E-state index contributed by atoms with van der Waals surface area (Å²) in [6.45, 7) is 1.15. The summed E-state index contributed by atoms with van der Waals surface area (Å²) in [6.07, 6.45) is 1.54. The van der Waals surface area contributed by atoms with Crippen molar-refractivity contribution in [1.29, 1.82) is 0 Å². The molecule has 0 unspecified atom stereocenters. The molecule has 1 saturated heterocycles. The monoisotopic (exact) mass is 243 g/mol. The third-order valence-corrected chi connectivity index (χ3v) is 2.93. The van der Waals surface area contributed by atoms with Gasteiger partial charge in [-0.3, -0.25) is 4.79 Å². The molecule has 0 saturated carbocycles. The van der Waals surface area contributed by atoms with Gasteiger partial charge in [-0.15, -0.1) is 0 Å². The fourth-order valence-corrected chi connectivity index (χ4v) is 1.90. The molecule has 0 radical (unpaired) electrons. The van der Waals surface area contributed by atoms with Gasteiger partial charge in [-0.2, -0.15) is 0 Å². The van der Waals surface area contributed by atoms with Crippen molar-refractivity contribution in [2.45, 2.75) is 6.04 Å². The average molecular weight is 243 g/mol. The van der Waals surface area contributed by atoms with Crippen LogP contribution in [0.2, 0.25) is 0 Å². The zero-order valence-corrected chi connectivity index (χ0v) is 9.76. The van der Waals surface area contributed by atoms with Crippen LogP contribution in [0.15, 0.2) is 47.1 Å². The summed E-state index contributed by atoms with van der Waals surface area (Å²) in [5, 5.41) is 2.87. The number of ether oxygens (including phenoxy) is 1. The van der Waals surface area contributed by atoms with Crippen LogP contribution in [-0.4, -0.2) is 25.2 Å². The van der Waals surface area contributed by atoms with E-state index < -0.39 is 0 Å². The van der Waals surface area contributed by atoms with Gasteiger partial charge in [-0.1, -0.05) is 30.3 Å². The number of amides is 1. The minimum Gasteiger partial charge on any atom is -0.459 e. The van der Waals surface area contributed by atoms with Crippen LogP contribution in [0.1, 0.15) is 10.6 Å². The lowest BCUT2D eigenvalue weighted by molar-refractivity contribution is -0.00388. The van der Waals surface area contributed by atoms with Crippen molar-refractivity contribution in [3.63, 3.8) is 0 Å². The number of benzene rings is 1. The smallest absolute Gasteiger partial charge is 0.288 e. The SMILES string of the molecule is O=C(NC1COC1)c1occc1-c1ccccc1. The highest BCUT2D eigenvalue weighted by atomic mass is 16.5. The van der Waals surface area contributed by atoms with Crippen molar-refractivity contribution in [2.24, 2.45) is 0 Å². The maximum absolute atomic E-state index is 12.0. The van der Waals surface area contributed by atoms with E-state index in [0.717, 1.165) is 11.1 Å². The molecular formula is C14H13NO3. The van der Waals surface area contributed by atoms with Gasteiger partial charge in [0.15, 0.2) is 5.76 Å². The van der Waals surface area contributed by atoms with E-state index in [2.05, 4.69) is 5.32 Å². The Bertz CT molecular complexity index is 543. The number of rotatable bonds is 3. The topological polar surface area (TPSA) is 51.5 Å². The van der Waals surface area contributed by atoms with E-state index in [4.69, 9.17) is 9.15 Å². The third-order valence-electron chi connectivity index (χ3n) is 2.93. The van der Waals surface area contributed by atoms with Crippen LogP contribution in [-0.2, 0) is 4.74 Å². The molecule has 2 heterocycles. The molecule has 1 aliphatic rings. The number of hydrogen-bond acceptors (Lipinski definition) is 3. The molecule has 1 aliphatic heterocycles. The van der Waals surface area contributed by atoms with Gasteiger partial charge < -0.3 is 14.5 Å². The first-order chi connectivity index (χ1) is 8.84. The van der Waals surface area contributed by atoms with Crippen molar-refractivity contribution in [2.75, 3.05) is 13.2 Å². The number of hydrogen-bond donors (Lipinski definition) is 1. The Balaban J connectivity index is 1.84. The third kappa shape index (κ3) is 2.02. The lowest BCUT2D eigenvalue weighted by atomic mass is 10.1. The Morgan fingerprint density at radius 1 is 1.17 bits per heavy atom. The largest absolute Gasteiger partial charge is 0.459 e. The number of carbonyl (C=O) groups is 1. The van der Waals surface area contributed by atoms with Crippen molar-refractivity contribution in [1.82, 2.24) is 5.32 Å². The molecule has 0 aliphatic carbocycles. The molecule has 0 bridgehead atoms. The predicted molar refractivity (Wildman–Crippen MR) is 66.2 cm³/mol. The zero-order valence-electron chi connectivity index (χ0n) is 9.76. The van der Waals surface area contributed by atoms with Gasteiger partial charge in [0, 0.05) is 5.56 Å². The summed E-state index contributed by atoms with van der Waals surface area (Å²) in [7, 11) is 0. The van der Waals surface area contributed by atoms with Gasteiger partial charge in [0.1, 0.15) is 0 Å². The number of furan rings is 1. The summed E-state index contributed by atoms with van der Waals surface area (Å²) in [6, 6.07) is 11.6. The Labute approximate surface area is 105 Å². The summed E-state index contributed by atoms with van der Waals surface area (Å²) in [5.41, 5.74) is 1.79. The molecule has 1 amide bonds. The molecular weight excluding hydrogens is 230 g/mol. The van der Waals surface area contributed by atoms with Gasteiger partial charge in [-0.05, 0) is 11.6 Å². The van der Waals surface area contributed by atoms with E-state index in [0.29, 0.717) is 19.0 Å². The fraction of sp³-hybridized carbons (Fsp3) is 0.214. The maximum atomic E-state index is 12.0. The Morgan fingerprint density at radius 3 is 2.61 bits per heavy atom. The van der Waals surface area contributed by atoms with Crippen molar-refractivity contribution < 1.29 is 13.9 Å². The van der Waals surface area contributed by atoms with Gasteiger partial charge in [0.25, 0.3) is 5.91 Å². The van der Waals surface area contributed by atoms with Crippen LogP contribution in [0.3, 0.4) is 0 Å². The first-order valence-electron chi connectivity index (χ1n) is 5.86. The zero-order chi connectivity index (χ0) is 12.4. The summed E-state index contributed by atoms with van der Waals surface area (Å²) in [5.74, 6) is 0.167. The van der Waals surface area contributed by atoms with Gasteiger partial charge in [0.2, 0.25) is 0 Å². The summed E-state index contributed by atoms with van der Waals surface area (Å²) in [4.78, 5) is 12.0. The number of carbonyl (C=O) groups excluding carboxylic acids is 1. The van der Waals surface area contributed by atoms with Crippen LogP contribution < -0.4 is 5.32 Å². The second-order valence-corrected chi connectivity index (χ2v) is 4.24. The standard InChI is InChI=1S/C14H13NO3/c16-14(15-11-8-17-9-11)13-12(6-7-18-13)10-4-2-1-3-5-10/h1-7,11H,8-9H2,(H,15,16). The van der Waals surface area contributed by atoms with Crippen molar-refractivity contribution in [3.05, 3.63) is 48.4 Å². The highest BCUT2D eigenvalue weighted by molar-refractivity contribution is 5.98. The fourth-order valence-electron chi connectivity index (χ4n) is 1.90. The molecule has 4 heteroatoms. The van der Waals surface area contributed by atoms with Crippen LogP contribution in [0, 0.1) is 0 Å². The van der Waals surface area contributed by atoms with Gasteiger partial charge in [0.05, 0.1) is 25.5 Å². The van der Waals surface area contributed by atoms with Crippen LogP contribution >= 0.6 is 0 Å². The Kier molecular flexibility index (Phi) is 2.86. The van der Waals surface area contributed by atoms with Gasteiger partial charge >= 0.3 is 0 Å². The van der Waals surface area contributed by atoms with E-state index in [1.54, 1.807) is 0 Å². The summed E-state index contributed by atoms with van der Waals surface area (Å²) >= 11 is 0. The van der Waals surface area contributed by atoms with E-state index >= 15 is 0 Å². The van der Waals surface area contributed by atoms with Crippen molar-refractivity contribution >= 4 is 5.91 Å². The maximum Gasteiger partial charge on any atom is 0.288 e. The molecule has 3 rings (SSSR count). The Morgan fingerprint density at radius 2 is 1.94 bits per heavy atom. The molecule has 0 atom stereocenters. The lowest BCUT2D eigenvalue weighted by Gasteiger charge is -2.26.